The van der Waals surface area contributed by atoms with E-state index in [1.54, 1.807) is 4.90 Å². The second-order valence-electron chi connectivity index (χ2n) is 13.8. The van der Waals surface area contributed by atoms with Crippen molar-refractivity contribution in [3.63, 3.8) is 0 Å². The van der Waals surface area contributed by atoms with Crippen molar-refractivity contribution in [3.05, 3.63) is 34.9 Å². The van der Waals surface area contributed by atoms with E-state index in [-0.39, 0.29) is 24.1 Å². The van der Waals surface area contributed by atoms with Crippen molar-refractivity contribution in [1.82, 2.24) is 25.3 Å². The molecule has 8 rings (SSSR count). The van der Waals surface area contributed by atoms with Crippen molar-refractivity contribution < 1.29 is 14.4 Å². The van der Waals surface area contributed by atoms with Gasteiger partial charge in [-0.3, -0.25) is 24.6 Å². The van der Waals surface area contributed by atoms with Crippen LogP contribution in [-0.2, 0) is 22.6 Å². The molecule has 1 unspecified atom stereocenters. The Labute approximate surface area is 238 Å². The molecule has 216 valence electrons. The molecule has 4 saturated carbocycles. The van der Waals surface area contributed by atoms with Gasteiger partial charge in [0.2, 0.25) is 11.8 Å². The summed E-state index contributed by atoms with van der Waals surface area (Å²) in [5.74, 6) is 2.33. The molecule has 8 heteroatoms. The van der Waals surface area contributed by atoms with E-state index >= 15 is 0 Å². The SMILES string of the molecule is O=C1CCC(N2Cc3c(CCCN4CCN(CCNC56CC7CC(CC(C7)C5)C6)CC4)cccc3C2=O)C(=O)N1. The lowest BCUT2D eigenvalue weighted by molar-refractivity contribution is -0.136. The minimum Gasteiger partial charge on any atom is -0.322 e. The fourth-order valence-electron chi connectivity index (χ4n) is 9.42. The summed E-state index contributed by atoms with van der Waals surface area (Å²) in [7, 11) is 0. The van der Waals surface area contributed by atoms with Crippen molar-refractivity contribution in [3.8, 4) is 0 Å². The average Bonchev–Trinajstić information content (AvgIpc) is 3.25. The van der Waals surface area contributed by atoms with Gasteiger partial charge in [0.1, 0.15) is 6.04 Å². The molecule has 7 aliphatic rings. The van der Waals surface area contributed by atoms with Gasteiger partial charge in [-0.15, -0.1) is 0 Å². The average molecular weight is 548 g/mol. The summed E-state index contributed by atoms with van der Waals surface area (Å²) in [4.78, 5) is 43.9. The monoisotopic (exact) mass is 547 g/mol. The predicted octanol–water partition coefficient (Wildman–Crippen LogP) is 2.56. The van der Waals surface area contributed by atoms with Gasteiger partial charge < -0.3 is 15.1 Å². The molecule has 3 aliphatic heterocycles. The number of carbonyl (C=O) groups is 3. The van der Waals surface area contributed by atoms with Gasteiger partial charge in [-0.1, -0.05) is 12.1 Å². The minimum absolute atomic E-state index is 0.0832. The number of fused-ring (bicyclic) bond motifs is 1. The minimum atomic E-state index is -0.551. The van der Waals surface area contributed by atoms with Crippen LogP contribution in [0.1, 0.15) is 79.3 Å². The third-order valence-corrected chi connectivity index (χ3v) is 11.0. The number of piperazine rings is 1. The number of nitrogens with zero attached hydrogens (tertiary/aromatic N) is 3. The summed E-state index contributed by atoms with van der Waals surface area (Å²) in [5, 5.41) is 6.47. The van der Waals surface area contributed by atoms with Crippen LogP contribution in [-0.4, -0.2) is 89.8 Å². The van der Waals surface area contributed by atoms with Crippen LogP contribution in [0.15, 0.2) is 18.2 Å². The Balaban J connectivity index is 0.847. The summed E-state index contributed by atoms with van der Waals surface area (Å²) in [6, 6.07) is 5.43. The molecule has 40 heavy (non-hydrogen) atoms. The zero-order chi connectivity index (χ0) is 27.3. The third-order valence-electron chi connectivity index (χ3n) is 11.0. The van der Waals surface area contributed by atoms with Crippen LogP contribution >= 0.6 is 0 Å². The van der Waals surface area contributed by atoms with Gasteiger partial charge in [0.05, 0.1) is 0 Å². The van der Waals surface area contributed by atoms with Crippen LogP contribution in [0.5, 0.6) is 0 Å². The zero-order valence-electron chi connectivity index (χ0n) is 23.8. The van der Waals surface area contributed by atoms with E-state index in [9.17, 15) is 14.4 Å². The Morgan fingerprint density at radius 2 is 1.57 bits per heavy atom. The Kier molecular flexibility index (Phi) is 7.21. The topological polar surface area (TPSA) is 85.0 Å². The third kappa shape index (κ3) is 5.23. The second-order valence-corrected chi connectivity index (χ2v) is 13.8. The van der Waals surface area contributed by atoms with Gasteiger partial charge in [0.15, 0.2) is 0 Å². The summed E-state index contributed by atoms with van der Waals surface area (Å²) in [5.41, 5.74) is 3.47. The lowest BCUT2D eigenvalue weighted by atomic mass is 9.53. The van der Waals surface area contributed by atoms with E-state index in [2.05, 4.69) is 26.5 Å². The molecule has 2 N–H and O–H groups in total. The van der Waals surface area contributed by atoms with Gasteiger partial charge in [0, 0.05) is 63.3 Å². The number of amides is 3. The second kappa shape index (κ2) is 10.8. The fraction of sp³-hybridized carbons (Fsp3) is 0.719. The number of rotatable bonds is 9. The fourth-order valence-corrected chi connectivity index (χ4v) is 9.42. The zero-order valence-corrected chi connectivity index (χ0v) is 23.8. The van der Waals surface area contributed by atoms with Crippen molar-refractivity contribution >= 4 is 17.7 Å². The van der Waals surface area contributed by atoms with Crippen molar-refractivity contribution in [1.29, 1.82) is 0 Å². The van der Waals surface area contributed by atoms with Gasteiger partial charge in [-0.2, -0.15) is 0 Å². The molecular weight excluding hydrogens is 502 g/mol. The van der Waals surface area contributed by atoms with Crippen LogP contribution in [0.4, 0.5) is 0 Å². The van der Waals surface area contributed by atoms with Crippen molar-refractivity contribution in [2.45, 2.75) is 82.3 Å². The highest BCUT2D eigenvalue weighted by atomic mass is 16.2. The van der Waals surface area contributed by atoms with Crippen LogP contribution in [0, 0.1) is 17.8 Å². The van der Waals surface area contributed by atoms with Crippen molar-refractivity contribution in [2.24, 2.45) is 17.8 Å². The number of benzene rings is 1. The molecule has 6 fully saturated rings. The van der Waals surface area contributed by atoms with Crippen LogP contribution in [0.3, 0.4) is 0 Å². The molecule has 1 atom stereocenters. The number of carbonyl (C=O) groups excluding carboxylic acids is 3. The summed E-state index contributed by atoms with van der Waals surface area (Å²) >= 11 is 0. The molecule has 1 aromatic carbocycles. The Morgan fingerprint density at radius 3 is 2.25 bits per heavy atom. The van der Waals surface area contributed by atoms with Gasteiger partial charge >= 0.3 is 0 Å². The number of hydrogen-bond donors (Lipinski definition) is 2. The van der Waals surface area contributed by atoms with Crippen LogP contribution in [0.25, 0.3) is 0 Å². The lowest BCUT2D eigenvalue weighted by Crippen LogP contribution is -2.59. The molecule has 0 spiro atoms. The highest BCUT2D eigenvalue weighted by molar-refractivity contribution is 6.05. The molecule has 4 bridgehead atoms. The maximum Gasteiger partial charge on any atom is 0.255 e. The summed E-state index contributed by atoms with van der Waals surface area (Å²) in [6.45, 7) is 8.42. The number of piperidine rings is 1. The Hall–Kier alpha value is -2.29. The first kappa shape index (κ1) is 26.6. The highest BCUT2D eigenvalue weighted by Gasteiger charge is 2.50. The smallest absolute Gasteiger partial charge is 0.255 e. The van der Waals surface area contributed by atoms with Crippen LogP contribution < -0.4 is 10.6 Å². The van der Waals surface area contributed by atoms with Gasteiger partial charge in [-0.25, -0.2) is 0 Å². The molecule has 0 aromatic heterocycles. The molecule has 8 nitrogen and oxygen atoms in total. The summed E-state index contributed by atoms with van der Waals surface area (Å²) in [6.07, 6.45) is 11.5. The molecule has 2 saturated heterocycles. The number of hydrogen-bond acceptors (Lipinski definition) is 6. The Morgan fingerprint density at radius 1 is 0.900 bits per heavy atom. The largest absolute Gasteiger partial charge is 0.322 e. The quantitative estimate of drug-likeness (QED) is 0.463. The maximum absolute atomic E-state index is 13.1. The summed E-state index contributed by atoms with van der Waals surface area (Å²) < 4.78 is 0. The number of nitrogens with one attached hydrogen (secondary N) is 2. The molecular formula is C32H45N5O3. The van der Waals surface area contributed by atoms with E-state index in [1.165, 1.54) is 50.6 Å². The Bertz CT molecular complexity index is 1120. The highest BCUT2D eigenvalue weighted by Crippen LogP contribution is 2.55. The van der Waals surface area contributed by atoms with E-state index in [1.807, 2.05) is 12.1 Å². The van der Waals surface area contributed by atoms with E-state index in [0.29, 0.717) is 18.5 Å². The maximum atomic E-state index is 13.1. The standard InChI is InChI=1S/C32H45N5O3/c38-29-7-6-28(30(39)34-29)37-21-27-25(3-1-5-26(27)31(37)40)4-2-9-35-11-13-36(14-12-35)10-8-33-32-18-22-15-23(19-32)17-24(16-22)20-32/h1,3,5,22-24,28,33H,2,4,6-21H2,(H,34,38,39). The van der Waals surface area contributed by atoms with E-state index in [4.69, 9.17) is 0 Å². The molecule has 1 aromatic rings. The lowest BCUT2D eigenvalue weighted by Gasteiger charge is -2.57. The molecule has 0 radical (unpaired) electrons. The van der Waals surface area contributed by atoms with Crippen molar-refractivity contribution in [2.75, 3.05) is 45.8 Å². The first-order chi connectivity index (χ1) is 19.4. The predicted molar refractivity (Wildman–Crippen MR) is 153 cm³/mol. The molecule has 4 aliphatic carbocycles. The first-order valence-corrected chi connectivity index (χ1v) is 15.9. The normalized spacial score (nSPS) is 34.0. The first-order valence-electron chi connectivity index (χ1n) is 15.9. The van der Waals surface area contributed by atoms with Crippen LogP contribution in [0.2, 0.25) is 0 Å². The number of aryl methyl sites for hydroxylation is 1. The van der Waals surface area contributed by atoms with Gasteiger partial charge in [-0.05, 0) is 99.3 Å². The van der Waals surface area contributed by atoms with Gasteiger partial charge in [0.25, 0.3) is 5.91 Å². The molecule has 3 heterocycles. The van der Waals surface area contributed by atoms with E-state index in [0.717, 1.165) is 81.0 Å². The molecule has 3 amide bonds. The number of imide groups is 1. The van der Waals surface area contributed by atoms with E-state index < -0.39 is 6.04 Å².